The fraction of sp³-hybridized carbons (Fsp3) is 0.833. The maximum Gasteiger partial charge on any atom is 0.236 e. The van der Waals surface area contributed by atoms with E-state index in [0.29, 0.717) is 11.8 Å². The number of fused-ring (bicyclic) bond motifs is 1. The Morgan fingerprint density at radius 1 is 1.50 bits per heavy atom. The molecule has 0 heterocycles. The van der Waals surface area contributed by atoms with Crippen LogP contribution in [0.1, 0.15) is 33.1 Å². The lowest BCUT2D eigenvalue weighted by atomic mass is 9.84. The Morgan fingerprint density at radius 3 is 2.75 bits per heavy atom. The SMILES string of the molecule is CC1CCCC2(C)C(C(=O)NCC(N)=O)C12. The van der Waals surface area contributed by atoms with Crippen LogP contribution in [0.3, 0.4) is 0 Å². The van der Waals surface area contributed by atoms with Gasteiger partial charge in [0.05, 0.1) is 6.54 Å². The highest BCUT2D eigenvalue weighted by Gasteiger charge is 2.66. The number of carbonyl (C=O) groups is 2. The molecule has 4 nitrogen and oxygen atoms in total. The quantitative estimate of drug-likeness (QED) is 0.739. The van der Waals surface area contributed by atoms with Gasteiger partial charge in [-0.05, 0) is 23.7 Å². The van der Waals surface area contributed by atoms with Gasteiger partial charge in [-0.25, -0.2) is 0 Å². The normalized spacial score (nSPS) is 41.0. The lowest BCUT2D eigenvalue weighted by molar-refractivity contribution is -0.126. The van der Waals surface area contributed by atoms with Gasteiger partial charge in [-0.1, -0.05) is 26.7 Å². The van der Waals surface area contributed by atoms with E-state index < -0.39 is 5.91 Å². The molecular formula is C12H20N2O2. The van der Waals surface area contributed by atoms with E-state index in [9.17, 15) is 9.59 Å². The highest BCUT2D eigenvalue weighted by atomic mass is 16.2. The zero-order valence-electron chi connectivity index (χ0n) is 9.95. The van der Waals surface area contributed by atoms with Crippen molar-refractivity contribution in [2.75, 3.05) is 6.54 Å². The smallest absolute Gasteiger partial charge is 0.236 e. The Labute approximate surface area is 96.0 Å². The minimum atomic E-state index is -0.477. The van der Waals surface area contributed by atoms with Crippen molar-refractivity contribution in [1.82, 2.24) is 5.32 Å². The van der Waals surface area contributed by atoms with Gasteiger partial charge < -0.3 is 11.1 Å². The molecule has 0 saturated heterocycles. The van der Waals surface area contributed by atoms with E-state index in [4.69, 9.17) is 5.73 Å². The molecule has 4 unspecified atom stereocenters. The number of carbonyl (C=O) groups excluding carboxylic acids is 2. The first kappa shape index (κ1) is 11.4. The number of hydrogen-bond acceptors (Lipinski definition) is 2. The highest BCUT2D eigenvalue weighted by molar-refractivity contribution is 5.87. The van der Waals surface area contributed by atoms with Crippen LogP contribution < -0.4 is 11.1 Å². The maximum atomic E-state index is 11.9. The number of amides is 2. The monoisotopic (exact) mass is 224 g/mol. The van der Waals surface area contributed by atoms with E-state index in [1.165, 1.54) is 12.8 Å². The third-order valence-corrected chi connectivity index (χ3v) is 4.43. The molecule has 0 spiro atoms. The third-order valence-electron chi connectivity index (χ3n) is 4.43. The van der Waals surface area contributed by atoms with Crippen LogP contribution in [0.25, 0.3) is 0 Å². The molecule has 3 N–H and O–H groups in total. The molecule has 90 valence electrons. The maximum absolute atomic E-state index is 11.9. The van der Waals surface area contributed by atoms with E-state index in [1.807, 2.05) is 0 Å². The molecule has 0 aromatic heterocycles. The van der Waals surface area contributed by atoms with Crippen molar-refractivity contribution < 1.29 is 9.59 Å². The fourth-order valence-electron chi connectivity index (χ4n) is 3.63. The summed E-state index contributed by atoms with van der Waals surface area (Å²) in [4.78, 5) is 22.5. The Balaban J connectivity index is 1.96. The zero-order chi connectivity index (χ0) is 11.9. The predicted molar refractivity (Wildman–Crippen MR) is 60.3 cm³/mol. The number of nitrogens with two attached hydrogens (primary N) is 1. The van der Waals surface area contributed by atoms with Gasteiger partial charge in [-0.2, -0.15) is 0 Å². The Bertz CT molecular complexity index is 329. The van der Waals surface area contributed by atoms with E-state index in [0.717, 1.165) is 6.42 Å². The molecule has 0 aromatic carbocycles. The molecule has 2 rings (SSSR count). The first-order valence-corrected chi connectivity index (χ1v) is 6.03. The van der Waals surface area contributed by atoms with Gasteiger partial charge in [0.15, 0.2) is 0 Å². The van der Waals surface area contributed by atoms with Crippen molar-refractivity contribution in [2.24, 2.45) is 28.9 Å². The lowest BCUT2D eigenvalue weighted by Crippen LogP contribution is -2.35. The second-order valence-corrected chi connectivity index (χ2v) is 5.56. The van der Waals surface area contributed by atoms with Crippen LogP contribution in [0.4, 0.5) is 0 Å². The predicted octanol–water partition coefficient (Wildman–Crippen LogP) is 0.660. The average molecular weight is 224 g/mol. The van der Waals surface area contributed by atoms with Crippen LogP contribution in [0.15, 0.2) is 0 Å². The van der Waals surface area contributed by atoms with Gasteiger partial charge in [0, 0.05) is 5.92 Å². The van der Waals surface area contributed by atoms with E-state index in [2.05, 4.69) is 19.2 Å². The standard InChI is InChI=1S/C12H20N2O2/c1-7-4-3-5-12(2)9(7)10(12)11(16)14-6-8(13)15/h7,9-10H,3-6H2,1-2H3,(H2,13,15)(H,14,16). The Hall–Kier alpha value is -1.06. The minimum Gasteiger partial charge on any atom is -0.368 e. The largest absolute Gasteiger partial charge is 0.368 e. The van der Waals surface area contributed by atoms with Crippen LogP contribution in [-0.4, -0.2) is 18.4 Å². The van der Waals surface area contributed by atoms with Crippen LogP contribution in [0.2, 0.25) is 0 Å². The zero-order valence-corrected chi connectivity index (χ0v) is 9.95. The van der Waals surface area contributed by atoms with Crippen molar-refractivity contribution in [3.8, 4) is 0 Å². The molecule has 0 radical (unpaired) electrons. The summed E-state index contributed by atoms with van der Waals surface area (Å²) in [5.74, 6) is 0.775. The summed E-state index contributed by atoms with van der Waals surface area (Å²) < 4.78 is 0. The van der Waals surface area contributed by atoms with E-state index >= 15 is 0 Å². The Kier molecular flexibility index (Phi) is 2.68. The van der Waals surface area contributed by atoms with E-state index in [1.54, 1.807) is 0 Å². The summed E-state index contributed by atoms with van der Waals surface area (Å²) in [5.41, 5.74) is 5.19. The topological polar surface area (TPSA) is 72.2 Å². The van der Waals surface area contributed by atoms with Gasteiger partial charge in [0.2, 0.25) is 11.8 Å². The number of rotatable bonds is 3. The van der Waals surface area contributed by atoms with Gasteiger partial charge in [0.1, 0.15) is 0 Å². The minimum absolute atomic E-state index is 0.0139. The summed E-state index contributed by atoms with van der Waals surface area (Å²) in [6, 6.07) is 0. The van der Waals surface area contributed by atoms with Crippen molar-refractivity contribution in [3.63, 3.8) is 0 Å². The van der Waals surface area contributed by atoms with E-state index in [-0.39, 0.29) is 23.8 Å². The van der Waals surface area contributed by atoms with Gasteiger partial charge >= 0.3 is 0 Å². The van der Waals surface area contributed by atoms with Crippen LogP contribution >= 0.6 is 0 Å². The van der Waals surface area contributed by atoms with Crippen molar-refractivity contribution in [2.45, 2.75) is 33.1 Å². The Morgan fingerprint density at radius 2 is 2.19 bits per heavy atom. The molecule has 0 aliphatic heterocycles. The summed E-state index contributed by atoms with van der Waals surface area (Å²) in [6.45, 7) is 4.39. The molecule has 2 aliphatic rings. The second kappa shape index (κ2) is 3.75. The lowest BCUT2D eigenvalue weighted by Gasteiger charge is -2.21. The van der Waals surface area contributed by atoms with Crippen molar-refractivity contribution >= 4 is 11.8 Å². The average Bonchev–Trinajstić information content (AvgIpc) is 2.82. The third kappa shape index (κ3) is 1.70. The van der Waals surface area contributed by atoms with Crippen molar-refractivity contribution in [3.05, 3.63) is 0 Å². The fourth-order valence-corrected chi connectivity index (χ4v) is 3.63. The van der Waals surface area contributed by atoms with Gasteiger partial charge in [-0.3, -0.25) is 9.59 Å². The molecule has 0 bridgehead atoms. The number of primary amides is 1. The summed E-state index contributed by atoms with van der Waals surface area (Å²) >= 11 is 0. The van der Waals surface area contributed by atoms with Gasteiger partial charge in [-0.15, -0.1) is 0 Å². The van der Waals surface area contributed by atoms with Crippen LogP contribution in [0.5, 0.6) is 0 Å². The summed E-state index contributed by atoms with van der Waals surface area (Å²) in [6.07, 6.45) is 3.57. The molecular weight excluding hydrogens is 204 g/mol. The number of nitrogens with one attached hydrogen (secondary N) is 1. The summed E-state index contributed by atoms with van der Waals surface area (Å²) in [7, 11) is 0. The summed E-state index contributed by atoms with van der Waals surface area (Å²) in [5, 5.41) is 2.63. The molecule has 0 aromatic rings. The van der Waals surface area contributed by atoms with Crippen LogP contribution in [-0.2, 0) is 9.59 Å². The molecule has 2 amide bonds. The molecule has 2 saturated carbocycles. The second-order valence-electron chi connectivity index (χ2n) is 5.56. The van der Waals surface area contributed by atoms with Crippen LogP contribution in [0, 0.1) is 23.2 Å². The molecule has 4 atom stereocenters. The molecule has 16 heavy (non-hydrogen) atoms. The molecule has 2 aliphatic carbocycles. The number of hydrogen-bond donors (Lipinski definition) is 2. The van der Waals surface area contributed by atoms with Gasteiger partial charge in [0.25, 0.3) is 0 Å². The first-order chi connectivity index (χ1) is 7.47. The highest BCUT2D eigenvalue weighted by Crippen LogP contribution is 2.67. The van der Waals surface area contributed by atoms with Crippen molar-refractivity contribution in [1.29, 1.82) is 0 Å². The molecule has 4 heteroatoms. The first-order valence-electron chi connectivity index (χ1n) is 6.03. The molecule has 2 fully saturated rings.